The van der Waals surface area contributed by atoms with E-state index in [4.69, 9.17) is 4.74 Å². The molecule has 0 N–H and O–H groups in total. The Hall–Kier alpha value is -1.34. The summed E-state index contributed by atoms with van der Waals surface area (Å²) in [5, 5.41) is 0. The molecular formula is C13H21N3O3S. The fourth-order valence-electron chi connectivity index (χ4n) is 1.08. The van der Waals surface area contributed by atoms with Crippen molar-refractivity contribution >= 4 is 23.7 Å². The minimum absolute atomic E-state index is 0.426. The molecule has 0 aliphatic heterocycles. The van der Waals surface area contributed by atoms with Crippen LogP contribution in [0.2, 0.25) is 0 Å². The third-order valence-electron chi connectivity index (χ3n) is 2.01. The molecule has 1 aromatic heterocycles. The molecule has 20 heavy (non-hydrogen) atoms. The lowest BCUT2D eigenvalue weighted by Gasteiger charge is -2.19. The molecule has 1 aromatic rings. The van der Waals surface area contributed by atoms with Crippen molar-refractivity contribution in [2.75, 3.05) is 0 Å². The molecule has 0 spiro atoms. The van der Waals surface area contributed by atoms with E-state index in [1.165, 1.54) is 23.3 Å². The number of hydrogen-bond donors (Lipinski definition) is 0. The van der Waals surface area contributed by atoms with Crippen molar-refractivity contribution in [2.45, 2.75) is 51.9 Å². The second kappa shape index (κ2) is 5.97. The van der Waals surface area contributed by atoms with Gasteiger partial charge in [0.25, 0.3) is 0 Å². The van der Waals surface area contributed by atoms with Gasteiger partial charge in [0, 0.05) is 6.20 Å². The smallest absolute Gasteiger partial charge is 0.419 e. The molecular weight excluding hydrogens is 278 g/mol. The van der Waals surface area contributed by atoms with E-state index in [9.17, 15) is 9.35 Å². The maximum Gasteiger partial charge on any atom is 0.419 e. The van der Waals surface area contributed by atoms with E-state index in [0.29, 0.717) is 5.69 Å². The topological polar surface area (TPSA) is 79.5 Å². The van der Waals surface area contributed by atoms with Crippen LogP contribution in [0.25, 0.3) is 0 Å². The van der Waals surface area contributed by atoms with Crippen molar-refractivity contribution in [3.8, 4) is 0 Å². The minimum Gasteiger partial charge on any atom is -0.591 e. The van der Waals surface area contributed by atoms with Crippen LogP contribution in [-0.2, 0) is 16.1 Å². The summed E-state index contributed by atoms with van der Waals surface area (Å²) in [5.74, 6) is 0. The van der Waals surface area contributed by atoms with Crippen LogP contribution in [-0.4, -0.2) is 36.8 Å². The molecule has 0 aliphatic rings. The molecule has 7 heteroatoms. The van der Waals surface area contributed by atoms with Gasteiger partial charge in [-0.25, -0.2) is 14.3 Å². The van der Waals surface area contributed by atoms with Crippen LogP contribution in [0.3, 0.4) is 0 Å². The number of carbonyl (C=O) groups is 1. The third kappa shape index (κ3) is 5.34. The third-order valence-corrected chi connectivity index (χ3v) is 3.36. The summed E-state index contributed by atoms with van der Waals surface area (Å²) in [6.45, 7) is 10.9. The maximum absolute atomic E-state index is 11.8. The van der Waals surface area contributed by atoms with E-state index in [1.807, 2.05) is 20.8 Å². The zero-order valence-electron chi connectivity index (χ0n) is 12.7. The Morgan fingerprint density at radius 3 is 2.50 bits per heavy atom. The molecule has 0 radical (unpaired) electrons. The van der Waals surface area contributed by atoms with Gasteiger partial charge >= 0.3 is 6.09 Å². The molecule has 0 aromatic carbocycles. The van der Waals surface area contributed by atoms with Gasteiger partial charge in [0.05, 0.1) is 0 Å². The van der Waals surface area contributed by atoms with E-state index in [1.54, 1.807) is 20.8 Å². The highest BCUT2D eigenvalue weighted by Crippen LogP contribution is 2.16. The Morgan fingerprint density at radius 2 is 2.00 bits per heavy atom. The maximum atomic E-state index is 11.8. The van der Waals surface area contributed by atoms with Crippen molar-refractivity contribution in [2.24, 2.45) is 4.40 Å². The Balaban J connectivity index is 2.73. The van der Waals surface area contributed by atoms with Gasteiger partial charge < -0.3 is 9.29 Å². The van der Waals surface area contributed by atoms with Gasteiger partial charge in [-0.3, -0.25) is 0 Å². The number of aromatic nitrogens is 2. The lowest BCUT2D eigenvalue weighted by atomic mass is 10.2. The van der Waals surface area contributed by atoms with Gasteiger partial charge in [0.2, 0.25) is 0 Å². The summed E-state index contributed by atoms with van der Waals surface area (Å²) in [4.78, 5) is 15.8. The molecule has 0 saturated carbocycles. The molecule has 1 unspecified atom stereocenters. The Kier molecular flexibility index (Phi) is 4.99. The predicted octanol–water partition coefficient (Wildman–Crippen LogP) is 2.55. The molecule has 0 amide bonds. The summed E-state index contributed by atoms with van der Waals surface area (Å²) in [6.07, 6.45) is 3.70. The van der Waals surface area contributed by atoms with Crippen LogP contribution >= 0.6 is 0 Å². The summed E-state index contributed by atoms with van der Waals surface area (Å²) >= 11 is -1.35. The van der Waals surface area contributed by atoms with Crippen LogP contribution < -0.4 is 0 Å². The number of carbonyl (C=O) groups excluding carboxylic acids is 1. The SMILES string of the molecule is CC(C)(C)OC(=O)n1cnc(C=N[S+]([O-])C(C)(C)C)c1. The van der Waals surface area contributed by atoms with Crippen LogP contribution in [0.5, 0.6) is 0 Å². The summed E-state index contributed by atoms with van der Waals surface area (Å²) in [7, 11) is 0. The molecule has 6 nitrogen and oxygen atoms in total. The first kappa shape index (κ1) is 16.7. The van der Waals surface area contributed by atoms with Crippen LogP contribution in [0.4, 0.5) is 4.79 Å². The number of hydrogen-bond acceptors (Lipinski definition) is 5. The molecule has 112 valence electrons. The van der Waals surface area contributed by atoms with Gasteiger partial charge in [0.15, 0.2) is 0 Å². The Labute approximate surface area is 122 Å². The van der Waals surface area contributed by atoms with E-state index in [0.717, 1.165) is 0 Å². The zero-order chi connectivity index (χ0) is 15.6. The lowest BCUT2D eigenvalue weighted by Crippen LogP contribution is -2.26. The first-order valence-corrected chi connectivity index (χ1v) is 7.33. The first-order valence-electron chi connectivity index (χ1n) is 6.22. The fourth-order valence-corrected chi connectivity index (χ4v) is 1.60. The van der Waals surface area contributed by atoms with Gasteiger partial charge in [-0.2, -0.15) is 0 Å². The Morgan fingerprint density at radius 1 is 1.40 bits per heavy atom. The van der Waals surface area contributed by atoms with Gasteiger partial charge in [-0.15, -0.1) is 0 Å². The quantitative estimate of drug-likeness (QED) is 0.621. The monoisotopic (exact) mass is 299 g/mol. The number of ether oxygens (including phenoxy) is 1. The highest BCUT2D eigenvalue weighted by Gasteiger charge is 2.26. The van der Waals surface area contributed by atoms with Crippen LogP contribution in [0.15, 0.2) is 16.9 Å². The van der Waals surface area contributed by atoms with Crippen LogP contribution in [0, 0.1) is 0 Å². The predicted molar refractivity (Wildman–Crippen MR) is 79.3 cm³/mol. The zero-order valence-corrected chi connectivity index (χ0v) is 13.5. The number of imidazole rings is 1. The highest BCUT2D eigenvalue weighted by molar-refractivity contribution is 7.91. The summed E-state index contributed by atoms with van der Waals surface area (Å²) in [6, 6.07) is 0. The standard InChI is InChI=1S/C13H21N3O3S/c1-12(2,3)19-11(17)16-8-10(14-9-16)7-15-20(18)13(4,5)6/h7-9H,1-6H3. The molecule has 1 rings (SSSR count). The summed E-state index contributed by atoms with van der Waals surface area (Å²) < 4.78 is 21.7. The van der Waals surface area contributed by atoms with E-state index < -0.39 is 27.8 Å². The van der Waals surface area contributed by atoms with Crippen molar-refractivity contribution in [1.29, 1.82) is 0 Å². The number of rotatable bonds is 2. The number of nitrogens with zero attached hydrogens (tertiary/aromatic N) is 3. The van der Waals surface area contributed by atoms with Gasteiger partial charge in [-0.1, -0.05) is 4.40 Å². The average Bonchev–Trinajstić information content (AvgIpc) is 2.70. The molecule has 0 fully saturated rings. The van der Waals surface area contributed by atoms with E-state index >= 15 is 0 Å². The lowest BCUT2D eigenvalue weighted by molar-refractivity contribution is 0.0536. The molecule has 0 bridgehead atoms. The Bertz CT molecular complexity index is 498. The fraction of sp³-hybridized carbons (Fsp3) is 0.615. The van der Waals surface area contributed by atoms with Crippen molar-refractivity contribution in [3.05, 3.63) is 18.2 Å². The second-order valence-corrected chi connectivity index (χ2v) is 8.22. The van der Waals surface area contributed by atoms with Crippen molar-refractivity contribution in [3.63, 3.8) is 0 Å². The molecule has 0 saturated heterocycles. The molecule has 1 atom stereocenters. The summed E-state index contributed by atoms with van der Waals surface area (Å²) in [5.41, 5.74) is -0.114. The molecule has 1 heterocycles. The highest BCUT2D eigenvalue weighted by atomic mass is 32.2. The van der Waals surface area contributed by atoms with Crippen molar-refractivity contribution < 1.29 is 14.1 Å². The largest absolute Gasteiger partial charge is 0.591 e. The minimum atomic E-state index is -1.35. The molecule has 0 aliphatic carbocycles. The van der Waals surface area contributed by atoms with Gasteiger partial charge in [-0.05, 0) is 41.5 Å². The second-order valence-electron chi connectivity index (χ2n) is 6.28. The van der Waals surface area contributed by atoms with Crippen molar-refractivity contribution in [1.82, 2.24) is 9.55 Å². The van der Waals surface area contributed by atoms with Gasteiger partial charge in [0.1, 0.15) is 39.9 Å². The van der Waals surface area contributed by atoms with Crippen LogP contribution in [0.1, 0.15) is 47.2 Å². The normalized spacial score (nSPS) is 14.6. The van der Waals surface area contributed by atoms with E-state index in [2.05, 4.69) is 9.38 Å². The average molecular weight is 299 g/mol. The first-order chi connectivity index (χ1) is 8.99. The van der Waals surface area contributed by atoms with E-state index in [-0.39, 0.29) is 0 Å².